The third-order valence-corrected chi connectivity index (χ3v) is 5.61. The molecular formula is C26H22N2O3S. The molecule has 0 aliphatic carbocycles. The van der Waals surface area contributed by atoms with Crippen molar-refractivity contribution in [2.75, 3.05) is 19.5 Å². The minimum absolute atomic E-state index is 0.250. The van der Waals surface area contributed by atoms with Crippen LogP contribution in [-0.4, -0.2) is 25.1 Å². The van der Waals surface area contributed by atoms with Gasteiger partial charge in [-0.2, -0.15) is 0 Å². The molecule has 0 aliphatic heterocycles. The molecule has 4 aromatic rings. The minimum atomic E-state index is -0.250. The van der Waals surface area contributed by atoms with Crippen LogP contribution in [0.25, 0.3) is 28.5 Å². The molecule has 32 heavy (non-hydrogen) atoms. The Labute approximate surface area is 191 Å². The molecule has 0 saturated heterocycles. The number of amides is 1. The van der Waals surface area contributed by atoms with Crippen LogP contribution in [0.5, 0.6) is 11.5 Å². The molecule has 1 amide bonds. The summed E-state index contributed by atoms with van der Waals surface area (Å²) in [4.78, 5) is 16.9. The summed E-state index contributed by atoms with van der Waals surface area (Å²) in [6.07, 6.45) is 3.19. The summed E-state index contributed by atoms with van der Waals surface area (Å²) in [5, 5.41) is 5.30. The van der Waals surface area contributed by atoms with Crippen molar-refractivity contribution in [2.45, 2.75) is 0 Å². The highest BCUT2D eigenvalue weighted by Gasteiger charge is 2.08. The fourth-order valence-corrected chi connectivity index (χ4v) is 3.93. The molecule has 6 heteroatoms. The van der Waals surface area contributed by atoms with Crippen molar-refractivity contribution >= 4 is 28.5 Å². The number of thiazole rings is 1. The van der Waals surface area contributed by atoms with Gasteiger partial charge >= 0.3 is 0 Å². The number of hydrogen-bond donors (Lipinski definition) is 1. The Morgan fingerprint density at radius 2 is 1.56 bits per heavy atom. The summed E-state index contributed by atoms with van der Waals surface area (Å²) in [7, 11) is 3.16. The predicted molar refractivity (Wildman–Crippen MR) is 130 cm³/mol. The first-order chi connectivity index (χ1) is 15.7. The number of anilines is 1. The number of aromatic nitrogens is 1. The number of carbonyl (C=O) groups excluding carboxylic acids is 1. The monoisotopic (exact) mass is 442 g/mol. The maximum atomic E-state index is 12.3. The van der Waals surface area contributed by atoms with Gasteiger partial charge in [0.25, 0.3) is 0 Å². The molecular weight excluding hydrogens is 420 g/mol. The van der Waals surface area contributed by atoms with Crippen LogP contribution in [0.1, 0.15) is 5.56 Å². The average Bonchev–Trinajstić information content (AvgIpc) is 3.31. The molecule has 1 N–H and O–H groups in total. The Bertz CT molecular complexity index is 1230. The Hall–Kier alpha value is -3.90. The molecule has 0 unspecified atom stereocenters. The third-order valence-electron chi connectivity index (χ3n) is 4.86. The first-order valence-electron chi connectivity index (χ1n) is 9.99. The van der Waals surface area contributed by atoms with Crippen LogP contribution in [0.3, 0.4) is 0 Å². The second kappa shape index (κ2) is 9.94. The van der Waals surface area contributed by atoms with Gasteiger partial charge in [-0.15, -0.1) is 11.3 Å². The highest BCUT2D eigenvalue weighted by molar-refractivity contribution is 7.14. The molecule has 0 aliphatic rings. The van der Waals surface area contributed by atoms with E-state index in [0.717, 1.165) is 22.4 Å². The zero-order valence-electron chi connectivity index (χ0n) is 17.7. The van der Waals surface area contributed by atoms with E-state index in [1.54, 1.807) is 26.4 Å². The molecule has 0 bridgehead atoms. The largest absolute Gasteiger partial charge is 0.493 e. The molecule has 4 rings (SSSR count). The normalized spacial score (nSPS) is 10.8. The van der Waals surface area contributed by atoms with Crippen LogP contribution in [0.2, 0.25) is 0 Å². The van der Waals surface area contributed by atoms with E-state index in [0.29, 0.717) is 16.6 Å². The fraction of sp³-hybridized carbons (Fsp3) is 0.0769. The van der Waals surface area contributed by atoms with E-state index in [9.17, 15) is 4.79 Å². The fourth-order valence-electron chi connectivity index (χ4n) is 3.20. The van der Waals surface area contributed by atoms with Gasteiger partial charge in [0.15, 0.2) is 16.6 Å². The van der Waals surface area contributed by atoms with E-state index < -0.39 is 0 Å². The van der Waals surface area contributed by atoms with Crippen molar-refractivity contribution in [3.05, 3.63) is 89.8 Å². The summed E-state index contributed by atoms with van der Waals surface area (Å²) >= 11 is 1.39. The van der Waals surface area contributed by atoms with E-state index in [1.807, 2.05) is 47.8 Å². The zero-order chi connectivity index (χ0) is 22.3. The molecule has 0 saturated carbocycles. The van der Waals surface area contributed by atoms with Gasteiger partial charge in [-0.25, -0.2) is 4.98 Å². The standard InChI is InChI=1S/C26H22N2O3S/c1-30-23-14-8-18(16-24(23)31-2)9-15-25(29)28-26-27-22(17-32-26)21-12-10-20(11-13-21)19-6-4-3-5-7-19/h3-17H,1-2H3,(H,27,28,29)/b15-9+. The number of benzene rings is 3. The van der Waals surface area contributed by atoms with E-state index in [1.165, 1.54) is 23.0 Å². The van der Waals surface area contributed by atoms with Crippen molar-refractivity contribution in [1.82, 2.24) is 4.98 Å². The zero-order valence-corrected chi connectivity index (χ0v) is 18.6. The van der Waals surface area contributed by atoms with Gasteiger partial charge in [-0.05, 0) is 34.9 Å². The lowest BCUT2D eigenvalue weighted by molar-refractivity contribution is -0.111. The third kappa shape index (κ3) is 5.04. The van der Waals surface area contributed by atoms with E-state index in [4.69, 9.17) is 9.47 Å². The number of carbonyl (C=O) groups is 1. The molecule has 160 valence electrons. The summed E-state index contributed by atoms with van der Waals surface area (Å²) in [5.74, 6) is 0.999. The second-order valence-corrected chi connectivity index (χ2v) is 7.78. The number of rotatable bonds is 7. The molecule has 0 spiro atoms. The summed E-state index contributed by atoms with van der Waals surface area (Å²) in [6, 6.07) is 23.9. The van der Waals surface area contributed by atoms with Crippen LogP contribution in [0.4, 0.5) is 5.13 Å². The van der Waals surface area contributed by atoms with E-state index in [2.05, 4.69) is 34.6 Å². The Balaban J connectivity index is 1.41. The molecule has 5 nitrogen and oxygen atoms in total. The van der Waals surface area contributed by atoms with Crippen molar-refractivity contribution < 1.29 is 14.3 Å². The van der Waals surface area contributed by atoms with Gasteiger partial charge in [0.05, 0.1) is 19.9 Å². The minimum Gasteiger partial charge on any atom is -0.493 e. The topological polar surface area (TPSA) is 60.5 Å². The van der Waals surface area contributed by atoms with Gasteiger partial charge in [-0.1, -0.05) is 60.7 Å². The first-order valence-corrected chi connectivity index (χ1v) is 10.9. The van der Waals surface area contributed by atoms with Crippen molar-refractivity contribution in [1.29, 1.82) is 0 Å². The number of ether oxygens (including phenoxy) is 2. The van der Waals surface area contributed by atoms with Gasteiger partial charge < -0.3 is 9.47 Å². The molecule has 1 aromatic heterocycles. The average molecular weight is 443 g/mol. The number of methoxy groups -OCH3 is 2. The summed E-state index contributed by atoms with van der Waals surface area (Å²) in [5.41, 5.74) is 4.98. The van der Waals surface area contributed by atoms with Crippen LogP contribution < -0.4 is 14.8 Å². The Kier molecular flexibility index (Phi) is 6.63. The number of nitrogens with one attached hydrogen (secondary N) is 1. The summed E-state index contributed by atoms with van der Waals surface area (Å²) in [6.45, 7) is 0. The smallest absolute Gasteiger partial charge is 0.250 e. The Morgan fingerprint density at radius 3 is 2.28 bits per heavy atom. The molecule has 1 heterocycles. The predicted octanol–water partition coefficient (Wildman–Crippen LogP) is 6.15. The highest BCUT2D eigenvalue weighted by atomic mass is 32.1. The van der Waals surface area contributed by atoms with Gasteiger partial charge in [0, 0.05) is 17.0 Å². The molecule has 0 atom stereocenters. The lowest BCUT2D eigenvalue weighted by Crippen LogP contribution is -2.07. The maximum absolute atomic E-state index is 12.3. The van der Waals surface area contributed by atoms with Crippen molar-refractivity contribution in [2.24, 2.45) is 0 Å². The second-order valence-electron chi connectivity index (χ2n) is 6.92. The van der Waals surface area contributed by atoms with Gasteiger partial charge in [0.1, 0.15) is 0 Å². The van der Waals surface area contributed by atoms with Crippen LogP contribution >= 0.6 is 11.3 Å². The maximum Gasteiger partial charge on any atom is 0.250 e. The summed E-state index contributed by atoms with van der Waals surface area (Å²) < 4.78 is 10.5. The van der Waals surface area contributed by atoms with E-state index in [-0.39, 0.29) is 5.91 Å². The number of nitrogens with zero attached hydrogens (tertiary/aromatic N) is 1. The SMILES string of the molecule is COc1ccc(/C=C/C(=O)Nc2nc(-c3ccc(-c4ccccc4)cc3)cs2)cc1OC. The van der Waals surface area contributed by atoms with Crippen molar-refractivity contribution in [3.63, 3.8) is 0 Å². The van der Waals surface area contributed by atoms with Crippen LogP contribution in [0, 0.1) is 0 Å². The molecule has 0 fully saturated rings. The molecule has 0 radical (unpaired) electrons. The molecule has 3 aromatic carbocycles. The van der Waals surface area contributed by atoms with Crippen molar-refractivity contribution in [3.8, 4) is 33.9 Å². The Morgan fingerprint density at radius 1 is 0.875 bits per heavy atom. The van der Waals surface area contributed by atoms with Gasteiger partial charge in [-0.3, -0.25) is 10.1 Å². The van der Waals surface area contributed by atoms with Crippen LogP contribution in [0.15, 0.2) is 84.3 Å². The highest BCUT2D eigenvalue weighted by Crippen LogP contribution is 2.29. The quantitative estimate of drug-likeness (QED) is 0.349. The lowest BCUT2D eigenvalue weighted by Gasteiger charge is -2.07. The van der Waals surface area contributed by atoms with Gasteiger partial charge in [0.2, 0.25) is 5.91 Å². The number of hydrogen-bond acceptors (Lipinski definition) is 5. The van der Waals surface area contributed by atoms with Crippen LogP contribution in [-0.2, 0) is 4.79 Å². The first kappa shape index (κ1) is 21.3. The van der Waals surface area contributed by atoms with E-state index >= 15 is 0 Å². The lowest BCUT2D eigenvalue weighted by atomic mass is 10.0.